The van der Waals surface area contributed by atoms with Crippen molar-refractivity contribution < 1.29 is 14.6 Å². The van der Waals surface area contributed by atoms with Gasteiger partial charge in [0, 0.05) is 36.0 Å². The largest absolute Gasteiger partial charge is 0.495 e. The molecule has 1 aromatic heterocycles. The molecule has 0 saturated carbocycles. The fraction of sp³-hybridized carbons (Fsp3) is 0.318. The number of ether oxygens (including phenoxy) is 1. The number of hydrogen-bond donors (Lipinski definition) is 4. The molecule has 1 aliphatic heterocycles. The number of rotatable bonds is 9. The molecule has 2 atom stereocenters. The second-order valence-electron chi connectivity index (χ2n) is 7.03. The van der Waals surface area contributed by atoms with Crippen molar-refractivity contribution in [3.05, 3.63) is 59.9 Å². The fourth-order valence-electron chi connectivity index (χ4n) is 3.37. The van der Waals surface area contributed by atoms with Gasteiger partial charge in [-0.1, -0.05) is 30.3 Å². The Morgan fingerprint density at radius 1 is 1.34 bits per heavy atom. The molecule has 0 radical (unpaired) electrons. The highest BCUT2D eigenvalue weighted by Gasteiger charge is 2.31. The number of nitrogens with one attached hydrogen (secondary N) is 3. The van der Waals surface area contributed by atoms with Gasteiger partial charge >= 0.3 is 0 Å². The van der Waals surface area contributed by atoms with E-state index in [4.69, 9.17) is 10.1 Å². The van der Waals surface area contributed by atoms with Crippen LogP contribution in [0, 0.1) is 5.41 Å². The van der Waals surface area contributed by atoms with E-state index in [-0.39, 0.29) is 17.9 Å². The molecule has 0 saturated heterocycles. The number of hydrogen-bond acceptors (Lipinski definition) is 7. The van der Waals surface area contributed by atoms with E-state index in [1.807, 2.05) is 30.3 Å². The molecule has 0 aliphatic carbocycles. The van der Waals surface area contributed by atoms with Crippen LogP contribution in [0.25, 0.3) is 5.70 Å². The van der Waals surface area contributed by atoms with Gasteiger partial charge in [-0.05, 0) is 18.9 Å². The third kappa shape index (κ3) is 5.00. The fourth-order valence-corrected chi connectivity index (χ4v) is 3.37. The number of pyridine rings is 1. The molecule has 152 valence electrons. The summed E-state index contributed by atoms with van der Waals surface area (Å²) in [5.74, 6) is 0.373. The molecule has 7 heteroatoms. The molecule has 0 spiro atoms. The summed E-state index contributed by atoms with van der Waals surface area (Å²) in [6, 6.07) is 10.5. The highest BCUT2D eigenvalue weighted by molar-refractivity contribution is 6.19. The molecule has 29 heavy (non-hydrogen) atoms. The maximum Gasteiger partial charge on any atom is 0.188 e. The van der Waals surface area contributed by atoms with Crippen LogP contribution in [0.1, 0.15) is 25.3 Å². The van der Waals surface area contributed by atoms with Crippen LogP contribution < -0.4 is 15.4 Å². The Hall–Kier alpha value is -3.19. The molecule has 1 aromatic carbocycles. The lowest BCUT2D eigenvalue weighted by Gasteiger charge is -2.22. The van der Waals surface area contributed by atoms with Crippen LogP contribution in [0.5, 0.6) is 5.75 Å². The first-order chi connectivity index (χ1) is 14.0. The molecule has 2 heterocycles. The third-order valence-corrected chi connectivity index (χ3v) is 4.72. The normalized spacial score (nSPS) is 15.4. The number of methoxy groups -OCH3 is 1. The average molecular weight is 394 g/mol. The van der Waals surface area contributed by atoms with Gasteiger partial charge in [0.2, 0.25) is 0 Å². The van der Waals surface area contributed by atoms with E-state index in [0.29, 0.717) is 30.0 Å². The number of nitrogens with zero attached hydrogens (tertiary/aromatic N) is 1. The number of aromatic nitrogens is 1. The van der Waals surface area contributed by atoms with Crippen molar-refractivity contribution in [2.24, 2.45) is 0 Å². The van der Waals surface area contributed by atoms with Gasteiger partial charge in [-0.3, -0.25) is 9.78 Å². The van der Waals surface area contributed by atoms with Crippen LogP contribution in [-0.2, 0) is 4.79 Å². The summed E-state index contributed by atoms with van der Waals surface area (Å²) in [6.45, 7) is 2.28. The van der Waals surface area contributed by atoms with Gasteiger partial charge in [0.25, 0.3) is 0 Å². The molecule has 2 unspecified atom stereocenters. The van der Waals surface area contributed by atoms with Crippen LogP contribution in [-0.4, -0.2) is 47.4 Å². The quantitative estimate of drug-likeness (QED) is 0.487. The lowest BCUT2D eigenvalue weighted by Crippen LogP contribution is -2.39. The Morgan fingerprint density at radius 2 is 2.10 bits per heavy atom. The van der Waals surface area contributed by atoms with E-state index in [1.165, 1.54) is 0 Å². The van der Waals surface area contributed by atoms with E-state index in [2.05, 4.69) is 15.6 Å². The first-order valence-electron chi connectivity index (χ1n) is 9.57. The van der Waals surface area contributed by atoms with E-state index in [0.717, 1.165) is 11.3 Å². The standard InChI is InChI=1S/C22H26N4O3/c1-14(27)10-19(23)21(26-16-11-17(29-2)13-24-12-16)22(28)18-8-9-25-20(18)15-6-4-3-5-7-15/h3-7,11-14,21,23,25-27H,8-10H2,1-2H3. The van der Waals surface area contributed by atoms with Crippen molar-refractivity contribution >= 4 is 22.9 Å². The number of carbonyl (C=O) groups excluding carboxylic acids is 1. The van der Waals surface area contributed by atoms with Crippen molar-refractivity contribution in [2.45, 2.75) is 31.9 Å². The molecule has 4 N–H and O–H groups in total. The summed E-state index contributed by atoms with van der Waals surface area (Å²) in [7, 11) is 1.54. The zero-order valence-corrected chi connectivity index (χ0v) is 16.6. The Labute approximate surface area is 170 Å². The van der Waals surface area contributed by atoms with Crippen LogP contribution >= 0.6 is 0 Å². The molecule has 0 bridgehead atoms. The average Bonchev–Trinajstić information content (AvgIpc) is 3.21. The SMILES string of the molecule is COc1cncc(NC(C(=N)CC(C)O)C(=O)C2=C(c3ccccc3)NCC2)c1. The van der Waals surface area contributed by atoms with Crippen LogP contribution in [0.2, 0.25) is 0 Å². The second kappa shape index (κ2) is 9.34. The summed E-state index contributed by atoms with van der Waals surface area (Å²) in [6.07, 6.45) is 3.12. The second-order valence-corrected chi connectivity index (χ2v) is 7.03. The van der Waals surface area contributed by atoms with E-state index in [1.54, 1.807) is 32.5 Å². The van der Waals surface area contributed by atoms with Crippen molar-refractivity contribution in [3.8, 4) is 5.75 Å². The molecule has 0 amide bonds. The number of benzene rings is 1. The van der Waals surface area contributed by atoms with Gasteiger partial charge in [0.1, 0.15) is 11.8 Å². The maximum absolute atomic E-state index is 13.5. The van der Waals surface area contributed by atoms with Gasteiger partial charge in [-0.2, -0.15) is 0 Å². The number of carbonyl (C=O) groups is 1. The monoisotopic (exact) mass is 394 g/mol. The number of ketones is 1. The highest BCUT2D eigenvalue weighted by Crippen LogP contribution is 2.26. The number of aliphatic hydroxyl groups is 1. The number of anilines is 1. The molecule has 2 aromatic rings. The summed E-state index contributed by atoms with van der Waals surface area (Å²) in [5, 5.41) is 24.6. The molecule has 1 aliphatic rings. The topological polar surface area (TPSA) is 107 Å². The van der Waals surface area contributed by atoms with Crippen LogP contribution in [0.4, 0.5) is 5.69 Å². The van der Waals surface area contributed by atoms with Crippen LogP contribution in [0.15, 0.2) is 54.4 Å². The van der Waals surface area contributed by atoms with Gasteiger partial charge in [-0.15, -0.1) is 0 Å². The van der Waals surface area contributed by atoms with Crippen molar-refractivity contribution in [1.29, 1.82) is 5.41 Å². The number of aliphatic hydroxyl groups excluding tert-OH is 1. The third-order valence-electron chi connectivity index (χ3n) is 4.72. The minimum absolute atomic E-state index is 0.0994. The van der Waals surface area contributed by atoms with Crippen molar-refractivity contribution in [2.75, 3.05) is 19.0 Å². The minimum atomic E-state index is -0.896. The Bertz CT molecular complexity index is 909. The zero-order valence-electron chi connectivity index (χ0n) is 16.6. The molecular weight excluding hydrogens is 368 g/mol. The molecular formula is C22H26N4O3. The summed E-state index contributed by atoms with van der Waals surface area (Å²) >= 11 is 0. The predicted molar refractivity (Wildman–Crippen MR) is 113 cm³/mol. The van der Waals surface area contributed by atoms with Crippen molar-refractivity contribution in [1.82, 2.24) is 10.3 Å². The number of Topliss-reactive ketones (excluding diaryl/α,β-unsaturated/α-hetero) is 1. The maximum atomic E-state index is 13.5. The highest BCUT2D eigenvalue weighted by atomic mass is 16.5. The first-order valence-corrected chi connectivity index (χ1v) is 9.57. The van der Waals surface area contributed by atoms with Gasteiger partial charge < -0.3 is 25.9 Å². The Balaban J connectivity index is 1.94. The summed E-state index contributed by atoms with van der Waals surface area (Å²) in [5.41, 5.74) is 3.10. The minimum Gasteiger partial charge on any atom is -0.495 e. The summed E-state index contributed by atoms with van der Waals surface area (Å²) < 4.78 is 5.20. The molecule has 3 rings (SSSR count). The van der Waals surface area contributed by atoms with E-state index < -0.39 is 12.1 Å². The predicted octanol–water partition coefficient (Wildman–Crippen LogP) is 2.64. The van der Waals surface area contributed by atoms with Crippen molar-refractivity contribution in [3.63, 3.8) is 0 Å². The van der Waals surface area contributed by atoms with Gasteiger partial charge in [0.15, 0.2) is 5.78 Å². The Morgan fingerprint density at radius 3 is 2.79 bits per heavy atom. The lowest BCUT2D eigenvalue weighted by molar-refractivity contribution is -0.115. The molecule has 7 nitrogen and oxygen atoms in total. The van der Waals surface area contributed by atoms with Gasteiger partial charge in [-0.25, -0.2) is 0 Å². The van der Waals surface area contributed by atoms with E-state index in [9.17, 15) is 9.90 Å². The Kier molecular flexibility index (Phi) is 6.61. The van der Waals surface area contributed by atoms with Gasteiger partial charge in [0.05, 0.1) is 31.3 Å². The van der Waals surface area contributed by atoms with Crippen LogP contribution in [0.3, 0.4) is 0 Å². The first kappa shape index (κ1) is 20.5. The van der Waals surface area contributed by atoms with E-state index >= 15 is 0 Å². The lowest BCUT2D eigenvalue weighted by atomic mass is 9.93. The zero-order chi connectivity index (χ0) is 20.8. The summed E-state index contributed by atoms with van der Waals surface area (Å²) in [4.78, 5) is 17.6. The molecule has 0 fully saturated rings. The smallest absolute Gasteiger partial charge is 0.188 e.